The standard InChI is InChI=1S/C31H52O2/c1-20(2)9-8-10-21(3)24-13-15-29(7)27-12-11-25-22(4)26(33-23(5)32)14-16-30(25)19-31(27,30)18-17-28(24,29)6/h20-22,24-27H,8-19H2,1-7H3/t21-,22+,24-,25-,26+,27-,28-,29+,30-,31+/m1/s1. The molecule has 2 nitrogen and oxygen atoms in total. The van der Waals surface area contributed by atoms with Gasteiger partial charge in [-0.2, -0.15) is 0 Å². The lowest BCUT2D eigenvalue weighted by atomic mass is 9.43. The van der Waals surface area contributed by atoms with E-state index in [0.29, 0.717) is 27.6 Å². The average molecular weight is 457 g/mol. The van der Waals surface area contributed by atoms with Crippen molar-refractivity contribution in [3.05, 3.63) is 0 Å². The van der Waals surface area contributed by atoms with Crippen LogP contribution < -0.4 is 0 Å². The van der Waals surface area contributed by atoms with Crippen molar-refractivity contribution < 1.29 is 9.53 Å². The predicted molar refractivity (Wildman–Crippen MR) is 136 cm³/mol. The number of fused-ring (bicyclic) bond motifs is 2. The summed E-state index contributed by atoms with van der Waals surface area (Å²) in [6.45, 7) is 16.8. The second-order valence-corrected chi connectivity index (χ2v) is 14.6. The normalized spacial score (nSPS) is 51.2. The Morgan fingerprint density at radius 2 is 1.67 bits per heavy atom. The second-order valence-electron chi connectivity index (χ2n) is 14.6. The molecule has 0 N–H and O–H groups in total. The molecule has 0 amide bonds. The highest BCUT2D eigenvalue weighted by Gasteiger charge is 2.81. The van der Waals surface area contributed by atoms with Crippen molar-refractivity contribution in [2.24, 2.45) is 57.2 Å². The van der Waals surface area contributed by atoms with Crippen molar-refractivity contribution in [3.8, 4) is 0 Å². The Morgan fingerprint density at radius 1 is 0.909 bits per heavy atom. The molecule has 0 aromatic heterocycles. The fourth-order valence-electron chi connectivity index (χ4n) is 11.4. The first-order chi connectivity index (χ1) is 15.5. The fraction of sp³-hybridized carbons (Fsp3) is 0.968. The number of rotatable bonds is 6. The van der Waals surface area contributed by atoms with Gasteiger partial charge in [0.1, 0.15) is 6.10 Å². The van der Waals surface area contributed by atoms with E-state index in [4.69, 9.17) is 4.74 Å². The maximum Gasteiger partial charge on any atom is 0.302 e. The van der Waals surface area contributed by atoms with E-state index < -0.39 is 0 Å². The molecule has 188 valence electrons. The van der Waals surface area contributed by atoms with E-state index in [0.717, 1.165) is 36.0 Å². The Labute approximate surface area is 204 Å². The molecule has 5 rings (SSSR count). The predicted octanol–water partition coefficient (Wildman–Crippen LogP) is 8.43. The quantitative estimate of drug-likeness (QED) is 0.375. The van der Waals surface area contributed by atoms with Crippen LogP contribution in [0.4, 0.5) is 0 Å². The van der Waals surface area contributed by atoms with E-state index in [1.165, 1.54) is 70.6 Å². The molecule has 0 bridgehead atoms. The Kier molecular flexibility index (Phi) is 5.85. The van der Waals surface area contributed by atoms with Gasteiger partial charge in [0.15, 0.2) is 0 Å². The zero-order chi connectivity index (χ0) is 23.8. The summed E-state index contributed by atoms with van der Waals surface area (Å²) in [5.41, 5.74) is 2.27. The van der Waals surface area contributed by atoms with Gasteiger partial charge in [-0.1, -0.05) is 60.8 Å². The molecular formula is C31H52O2. The maximum absolute atomic E-state index is 11.7. The third kappa shape index (κ3) is 3.27. The van der Waals surface area contributed by atoms with Gasteiger partial charge in [0.25, 0.3) is 0 Å². The lowest BCUT2D eigenvalue weighted by molar-refractivity contribution is -0.165. The highest BCUT2D eigenvalue weighted by Crippen LogP contribution is 2.88. The molecular weight excluding hydrogens is 404 g/mol. The Bertz CT molecular complexity index is 773. The molecule has 0 unspecified atom stereocenters. The van der Waals surface area contributed by atoms with Crippen LogP contribution in [-0.2, 0) is 9.53 Å². The smallest absolute Gasteiger partial charge is 0.302 e. The lowest BCUT2D eigenvalue weighted by Gasteiger charge is -2.62. The van der Waals surface area contributed by atoms with Crippen LogP contribution in [-0.4, -0.2) is 12.1 Å². The number of hydrogen-bond donors (Lipinski definition) is 0. The van der Waals surface area contributed by atoms with Crippen molar-refractivity contribution in [2.75, 3.05) is 0 Å². The summed E-state index contributed by atoms with van der Waals surface area (Å²) in [5.74, 6) is 4.84. The maximum atomic E-state index is 11.7. The first-order valence-electron chi connectivity index (χ1n) is 14.7. The van der Waals surface area contributed by atoms with E-state index in [1.54, 1.807) is 6.92 Å². The average Bonchev–Trinajstić information content (AvgIpc) is 3.32. The van der Waals surface area contributed by atoms with Crippen LogP contribution >= 0.6 is 0 Å². The third-order valence-electron chi connectivity index (χ3n) is 13.1. The molecule has 10 atom stereocenters. The van der Waals surface area contributed by atoms with Gasteiger partial charge >= 0.3 is 5.97 Å². The SMILES string of the molecule is CC(=O)O[C@H]1CC[C@]23C[C@]24CC[C@]2(C)[C@@H]([C@H](C)CCCC(C)C)CC[C@@]2(C)[C@H]4CC[C@@H]3[C@@H]1C. The van der Waals surface area contributed by atoms with E-state index in [2.05, 4.69) is 41.5 Å². The summed E-state index contributed by atoms with van der Waals surface area (Å²) in [6, 6.07) is 0. The van der Waals surface area contributed by atoms with Crippen molar-refractivity contribution in [1.82, 2.24) is 0 Å². The fourth-order valence-corrected chi connectivity index (χ4v) is 11.4. The van der Waals surface area contributed by atoms with Gasteiger partial charge in [-0.3, -0.25) is 4.79 Å². The van der Waals surface area contributed by atoms with E-state index >= 15 is 0 Å². The van der Waals surface area contributed by atoms with Gasteiger partial charge in [0.05, 0.1) is 0 Å². The van der Waals surface area contributed by atoms with Gasteiger partial charge in [0, 0.05) is 6.92 Å². The largest absolute Gasteiger partial charge is 0.462 e. The monoisotopic (exact) mass is 456 g/mol. The van der Waals surface area contributed by atoms with Gasteiger partial charge in [-0.05, 0) is 115 Å². The molecule has 5 aliphatic rings. The first-order valence-corrected chi connectivity index (χ1v) is 14.7. The molecule has 0 heterocycles. The van der Waals surface area contributed by atoms with Crippen LogP contribution in [0.25, 0.3) is 0 Å². The van der Waals surface area contributed by atoms with Gasteiger partial charge in [-0.15, -0.1) is 0 Å². The molecule has 33 heavy (non-hydrogen) atoms. The van der Waals surface area contributed by atoms with E-state index in [-0.39, 0.29) is 12.1 Å². The van der Waals surface area contributed by atoms with Crippen LogP contribution in [0, 0.1) is 57.2 Å². The van der Waals surface area contributed by atoms with Crippen molar-refractivity contribution >= 4 is 5.97 Å². The number of hydrogen-bond acceptors (Lipinski definition) is 2. The molecule has 2 spiro atoms. The molecule has 0 radical (unpaired) electrons. The zero-order valence-corrected chi connectivity index (χ0v) is 22.8. The van der Waals surface area contributed by atoms with Crippen molar-refractivity contribution in [3.63, 3.8) is 0 Å². The summed E-state index contributed by atoms with van der Waals surface area (Å²) < 4.78 is 5.80. The van der Waals surface area contributed by atoms with Crippen LogP contribution in [0.1, 0.15) is 126 Å². The van der Waals surface area contributed by atoms with Gasteiger partial charge < -0.3 is 4.74 Å². The molecule has 0 aliphatic heterocycles. The minimum Gasteiger partial charge on any atom is -0.462 e. The van der Waals surface area contributed by atoms with E-state index in [1.807, 2.05) is 0 Å². The minimum absolute atomic E-state index is 0.0811. The summed E-state index contributed by atoms with van der Waals surface area (Å²) in [5, 5.41) is 0. The summed E-state index contributed by atoms with van der Waals surface area (Å²) >= 11 is 0. The topological polar surface area (TPSA) is 26.3 Å². The lowest BCUT2D eigenvalue weighted by Crippen LogP contribution is -2.56. The molecule has 0 aromatic rings. The van der Waals surface area contributed by atoms with Crippen molar-refractivity contribution in [2.45, 2.75) is 132 Å². The summed E-state index contributed by atoms with van der Waals surface area (Å²) in [6.07, 6.45) is 17.1. The number of carbonyl (C=O) groups is 1. The number of ether oxygens (including phenoxy) is 1. The first kappa shape index (κ1) is 24.2. The van der Waals surface area contributed by atoms with E-state index in [9.17, 15) is 4.79 Å². The van der Waals surface area contributed by atoms with Crippen LogP contribution in [0.15, 0.2) is 0 Å². The highest BCUT2D eigenvalue weighted by atomic mass is 16.5. The summed E-state index contributed by atoms with van der Waals surface area (Å²) in [7, 11) is 0. The molecule has 5 saturated carbocycles. The Balaban J connectivity index is 1.35. The summed E-state index contributed by atoms with van der Waals surface area (Å²) in [4.78, 5) is 11.7. The van der Waals surface area contributed by atoms with Crippen LogP contribution in [0.3, 0.4) is 0 Å². The Morgan fingerprint density at radius 3 is 2.36 bits per heavy atom. The molecule has 5 aliphatic carbocycles. The van der Waals surface area contributed by atoms with Crippen molar-refractivity contribution in [1.29, 1.82) is 0 Å². The molecule has 0 saturated heterocycles. The second kappa shape index (κ2) is 7.99. The molecule has 0 aromatic carbocycles. The molecule has 2 heteroatoms. The Hall–Kier alpha value is -0.530. The van der Waals surface area contributed by atoms with Gasteiger partial charge in [0.2, 0.25) is 0 Å². The zero-order valence-electron chi connectivity index (χ0n) is 22.8. The van der Waals surface area contributed by atoms with Crippen LogP contribution in [0.2, 0.25) is 0 Å². The molecule has 5 fully saturated rings. The highest BCUT2D eigenvalue weighted by molar-refractivity contribution is 5.66. The van der Waals surface area contributed by atoms with Gasteiger partial charge in [-0.25, -0.2) is 0 Å². The third-order valence-corrected chi connectivity index (χ3v) is 13.1. The van der Waals surface area contributed by atoms with Crippen LogP contribution in [0.5, 0.6) is 0 Å². The number of esters is 1. The number of carbonyl (C=O) groups excluding carboxylic acids is 1. The minimum atomic E-state index is -0.0811.